The largest absolute Gasteiger partial charge is 0.346 e. The summed E-state index contributed by atoms with van der Waals surface area (Å²) >= 11 is 0. The minimum atomic E-state index is -0.0530. The molecule has 1 saturated carbocycles. The van der Waals surface area contributed by atoms with E-state index >= 15 is 0 Å². The summed E-state index contributed by atoms with van der Waals surface area (Å²) in [7, 11) is 0. The highest BCUT2D eigenvalue weighted by Crippen LogP contribution is 2.33. The van der Waals surface area contributed by atoms with Crippen LogP contribution in [-0.2, 0) is 4.79 Å². The zero-order valence-electron chi connectivity index (χ0n) is 18.2. The van der Waals surface area contributed by atoms with Crippen molar-refractivity contribution in [2.24, 2.45) is 5.92 Å². The number of pyridine rings is 1. The SMILES string of the molecule is O=C(Nc1cc2ccccc2cc1C(=O)N1CC=C(c2c[nH]c3ncccc23)CC1)C1CC1. The number of amides is 2. The van der Waals surface area contributed by atoms with Gasteiger partial charge in [-0.25, -0.2) is 4.98 Å². The summed E-state index contributed by atoms with van der Waals surface area (Å²) in [5, 5.41) is 6.12. The van der Waals surface area contributed by atoms with Crippen molar-refractivity contribution in [2.75, 3.05) is 18.4 Å². The molecule has 2 aromatic heterocycles. The van der Waals surface area contributed by atoms with Crippen LogP contribution in [0.25, 0.3) is 27.4 Å². The second kappa shape index (κ2) is 7.89. The van der Waals surface area contributed by atoms with Gasteiger partial charge in [-0.05, 0) is 59.9 Å². The van der Waals surface area contributed by atoms with Gasteiger partial charge in [-0.3, -0.25) is 9.59 Å². The normalized spacial score (nSPS) is 16.1. The van der Waals surface area contributed by atoms with Crippen LogP contribution in [0.5, 0.6) is 0 Å². The van der Waals surface area contributed by atoms with Crippen LogP contribution in [0.15, 0.2) is 67.0 Å². The number of aromatic nitrogens is 2. The van der Waals surface area contributed by atoms with Crippen LogP contribution in [0.3, 0.4) is 0 Å². The van der Waals surface area contributed by atoms with Crippen LogP contribution in [-0.4, -0.2) is 39.8 Å². The molecule has 164 valence electrons. The Labute approximate surface area is 191 Å². The smallest absolute Gasteiger partial charge is 0.256 e. The highest BCUT2D eigenvalue weighted by atomic mass is 16.2. The van der Waals surface area contributed by atoms with Crippen molar-refractivity contribution in [2.45, 2.75) is 19.3 Å². The molecule has 0 unspecified atom stereocenters. The summed E-state index contributed by atoms with van der Waals surface area (Å²) in [6.45, 7) is 1.16. The Bertz CT molecular complexity index is 1430. The number of hydrogen-bond donors (Lipinski definition) is 2. The third-order valence-corrected chi connectivity index (χ3v) is 6.62. The van der Waals surface area contributed by atoms with Crippen molar-refractivity contribution < 1.29 is 9.59 Å². The second-order valence-electron chi connectivity index (χ2n) is 8.84. The van der Waals surface area contributed by atoms with E-state index in [4.69, 9.17) is 0 Å². The van der Waals surface area contributed by atoms with E-state index in [0.29, 0.717) is 24.3 Å². The Morgan fingerprint density at radius 1 is 1.06 bits per heavy atom. The minimum absolute atomic E-state index is 0.00750. The molecule has 2 aromatic carbocycles. The first-order valence-electron chi connectivity index (χ1n) is 11.4. The lowest BCUT2D eigenvalue weighted by Crippen LogP contribution is -2.35. The first-order chi connectivity index (χ1) is 16.2. The maximum atomic E-state index is 13.6. The monoisotopic (exact) mass is 436 g/mol. The van der Waals surface area contributed by atoms with Crippen molar-refractivity contribution >= 4 is 44.9 Å². The van der Waals surface area contributed by atoms with Crippen LogP contribution in [0, 0.1) is 5.92 Å². The van der Waals surface area contributed by atoms with Crippen molar-refractivity contribution in [3.63, 3.8) is 0 Å². The first kappa shape index (κ1) is 19.7. The number of H-pyrrole nitrogens is 1. The summed E-state index contributed by atoms with van der Waals surface area (Å²) in [4.78, 5) is 35.5. The highest BCUT2D eigenvalue weighted by molar-refractivity contribution is 6.08. The van der Waals surface area contributed by atoms with E-state index < -0.39 is 0 Å². The molecule has 0 radical (unpaired) electrons. The van der Waals surface area contributed by atoms with E-state index in [1.54, 1.807) is 6.20 Å². The number of nitrogens with zero attached hydrogens (tertiary/aromatic N) is 2. The number of carbonyl (C=O) groups is 2. The van der Waals surface area contributed by atoms with Gasteiger partial charge in [-0.2, -0.15) is 0 Å². The molecule has 6 heteroatoms. The molecule has 6 nitrogen and oxygen atoms in total. The van der Waals surface area contributed by atoms with Crippen molar-refractivity contribution in [3.8, 4) is 0 Å². The molecule has 4 aromatic rings. The van der Waals surface area contributed by atoms with Crippen molar-refractivity contribution in [1.82, 2.24) is 14.9 Å². The predicted octanol–water partition coefficient (Wildman–Crippen LogP) is 4.99. The highest BCUT2D eigenvalue weighted by Gasteiger charge is 2.31. The Kier molecular flexibility index (Phi) is 4.72. The predicted molar refractivity (Wildman–Crippen MR) is 130 cm³/mol. The van der Waals surface area contributed by atoms with Crippen LogP contribution < -0.4 is 5.32 Å². The average Bonchev–Trinajstić information content (AvgIpc) is 3.63. The Morgan fingerprint density at radius 2 is 1.88 bits per heavy atom. The van der Waals surface area contributed by atoms with Gasteiger partial charge < -0.3 is 15.2 Å². The van der Waals surface area contributed by atoms with E-state index in [0.717, 1.165) is 46.6 Å². The van der Waals surface area contributed by atoms with Gasteiger partial charge in [-0.1, -0.05) is 30.3 Å². The maximum Gasteiger partial charge on any atom is 0.256 e. The summed E-state index contributed by atoms with van der Waals surface area (Å²) in [5.41, 5.74) is 4.40. The van der Waals surface area contributed by atoms with E-state index in [-0.39, 0.29) is 17.7 Å². The standard InChI is InChI=1S/C27H24N4O2/c32-26(18-7-8-18)30-24-15-20-5-2-1-4-19(20)14-22(24)27(33)31-12-9-17(10-13-31)23-16-29-25-21(23)6-3-11-28-25/h1-6,9,11,14-16,18H,7-8,10,12-13H2,(H,28,29)(H,30,32). The zero-order chi connectivity index (χ0) is 22.4. The average molecular weight is 437 g/mol. The lowest BCUT2D eigenvalue weighted by atomic mass is 9.98. The van der Waals surface area contributed by atoms with E-state index in [1.165, 1.54) is 5.57 Å². The molecule has 2 N–H and O–H groups in total. The van der Waals surface area contributed by atoms with Gasteiger partial charge in [0.15, 0.2) is 0 Å². The number of aromatic amines is 1. The van der Waals surface area contributed by atoms with E-state index in [2.05, 4.69) is 27.4 Å². The Hall–Kier alpha value is -3.93. The third kappa shape index (κ3) is 3.67. The summed E-state index contributed by atoms with van der Waals surface area (Å²) in [6.07, 6.45) is 8.51. The number of fused-ring (bicyclic) bond motifs is 2. The molecule has 2 amide bonds. The zero-order valence-corrected chi connectivity index (χ0v) is 18.2. The van der Waals surface area contributed by atoms with Crippen LogP contribution in [0.1, 0.15) is 35.2 Å². The van der Waals surface area contributed by atoms with Crippen molar-refractivity contribution in [3.05, 3.63) is 78.1 Å². The molecule has 1 fully saturated rings. The molecule has 2 aliphatic rings. The lowest BCUT2D eigenvalue weighted by Gasteiger charge is -2.27. The molecule has 6 rings (SSSR count). The molecule has 3 heterocycles. The number of rotatable bonds is 4. The van der Waals surface area contributed by atoms with Gasteiger partial charge in [0.05, 0.1) is 11.3 Å². The fraction of sp³-hybridized carbons (Fsp3) is 0.222. The quantitative estimate of drug-likeness (QED) is 0.473. The van der Waals surface area contributed by atoms with Crippen LogP contribution in [0.4, 0.5) is 5.69 Å². The fourth-order valence-electron chi connectivity index (χ4n) is 4.59. The third-order valence-electron chi connectivity index (χ3n) is 6.62. The number of anilines is 1. The fourth-order valence-corrected chi connectivity index (χ4v) is 4.59. The lowest BCUT2D eigenvalue weighted by molar-refractivity contribution is -0.117. The number of benzene rings is 2. The van der Waals surface area contributed by atoms with Gasteiger partial charge in [0.25, 0.3) is 5.91 Å². The second-order valence-corrected chi connectivity index (χ2v) is 8.84. The van der Waals surface area contributed by atoms with Gasteiger partial charge >= 0.3 is 0 Å². The Balaban J connectivity index is 1.29. The minimum Gasteiger partial charge on any atom is -0.346 e. The summed E-state index contributed by atoms with van der Waals surface area (Å²) in [6, 6.07) is 15.8. The number of hydrogen-bond acceptors (Lipinski definition) is 3. The summed E-state index contributed by atoms with van der Waals surface area (Å²) in [5.74, 6) is 0.0291. The van der Waals surface area contributed by atoms with Crippen LogP contribution in [0.2, 0.25) is 0 Å². The topological polar surface area (TPSA) is 78.1 Å². The molecule has 0 spiro atoms. The van der Waals surface area contributed by atoms with E-state index in [1.807, 2.05) is 53.6 Å². The van der Waals surface area contributed by atoms with Gasteiger partial charge in [0, 0.05) is 42.4 Å². The first-order valence-corrected chi connectivity index (χ1v) is 11.4. The Morgan fingerprint density at radius 3 is 2.64 bits per heavy atom. The molecular formula is C27H24N4O2. The maximum absolute atomic E-state index is 13.6. The molecule has 1 aliphatic carbocycles. The molecule has 33 heavy (non-hydrogen) atoms. The molecular weight excluding hydrogens is 412 g/mol. The van der Waals surface area contributed by atoms with Gasteiger partial charge in [0.2, 0.25) is 5.91 Å². The molecule has 0 saturated heterocycles. The van der Waals surface area contributed by atoms with Crippen molar-refractivity contribution in [1.29, 1.82) is 0 Å². The van der Waals surface area contributed by atoms with Crippen LogP contribution >= 0.6 is 0 Å². The summed E-state index contributed by atoms with van der Waals surface area (Å²) < 4.78 is 0. The number of carbonyl (C=O) groups excluding carboxylic acids is 2. The molecule has 0 atom stereocenters. The van der Waals surface area contributed by atoms with Gasteiger partial charge in [0.1, 0.15) is 5.65 Å². The molecule has 0 bridgehead atoms. The molecule has 1 aliphatic heterocycles. The number of nitrogens with one attached hydrogen (secondary N) is 2. The van der Waals surface area contributed by atoms with Gasteiger partial charge in [-0.15, -0.1) is 0 Å². The van der Waals surface area contributed by atoms with E-state index in [9.17, 15) is 9.59 Å².